The molecule has 6 nitrogen and oxygen atoms in total. The topological polar surface area (TPSA) is 62.2 Å². The highest BCUT2D eigenvalue weighted by Crippen LogP contribution is 2.24. The third kappa shape index (κ3) is 4.81. The van der Waals surface area contributed by atoms with E-state index in [1.807, 2.05) is 29.2 Å². The second kappa shape index (κ2) is 9.44. The molecule has 0 saturated carbocycles. The van der Waals surface area contributed by atoms with E-state index in [2.05, 4.69) is 33.9 Å². The maximum atomic E-state index is 12.9. The standard InChI is InChI=1S/C21H29N5O/c1-3-5-13-25(4-2)21(27)18-9-7-14-26(16-18)20-11-10-19(23-24-20)17-8-6-12-22-15-17/h6,8,10-12,15,18H,3-5,7,9,13-14,16H2,1-2H3. The van der Waals surface area contributed by atoms with E-state index in [1.54, 1.807) is 12.4 Å². The minimum Gasteiger partial charge on any atom is -0.354 e. The van der Waals surface area contributed by atoms with Gasteiger partial charge in [-0.3, -0.25) is 9.78 Å². The zero-order valence-electron chi connectivity index (χ0n) is 16.3. The molecule has 1 unspecified atom stereocenters. The number of amides is 1. The molecule has 0 aliphatic carbocycles. The average molecular weight is 367 g/mol. The molecule has 2 aromatic rings. The number of pyridine rings is 1. The van der Waals surface area contributed by atoms with Crippen LogP contribution in [0.4, 0.5) is 5.82 Å². The Morgan fingerprint density at radius 1 is 1.26 bits per heavy atom. The SMILES string of the molecule is CCCCN(CC)C(=O)C1CCCN(c2ccc(-c3cccnc3)nn2)C1. The summed E-state index contributed by atoms with van der Waals surface area (Å²) in [6.07, 6.45) is 7.68. The zero-order valence-corrected chi connectivity index (χ0v) is 16.3. The molecule has 144 valence electrons. The molecule has 1 aliphatic heterocycles. The fourth-order valence-corrected chi connectivity index (χ4v) is 3.58. The smallest absolute Gasteiger partial charge is 0.227 e. The molecule has 1 saturated heterocycles. The highest BCUT2D eigenvalue weighted by atomic mass is 16.2. The van der Waals surface area contributed by atoms with Crippen molar-refractivity contribution in [2.24, 2.45) is 5.92 Å². The van der Waals surface area contributed by atoms with Gasteiger partial charge in [0.15, 0.2) is 5.82 Å². The molecule has 0 bridgehead atoms. The van der Waals surface area contributed by atoms with Gasteiger partial charge < -0.3 is 9.80 Å². The van der Waals surface area contributed by atoms with Gasteiger partial charge >= 0.3 is 0 Å². The Bertz CT molecular complexity index is 719. The molecule has 27 heavy (non-hydrogen) atoms. The van der Waals surface area contributed by atoms with Crippen LogP contribution < -0.4 is 4.90 Å². The molecule has 6 heteroatoms. The first-order valence-corrected chi connectivity index (χ1v) is 10.0. The first-order valence-electron chi connectivity index (χ1n) is 10.0. The van der Waals surface area contributed by atoms with Gasteiger partial charge in [-0.1, -0.05) is 13.3 Å². The Kier molecular flexibility index (Phi) is 6.74. The van der Waals surface area contributed by atoms with Gasteiger partial charge in [-0.25, -0.2) is 0 Å². The quantitative estimate of drug-likeness (QED) is 0.750. The Morgan fingerprint density at radius 3 is 2.81 bits per heavy atom. The fourth-order valence-electron chi connectivity index (χ4n) is 3.58. The van der Waals surface area contributed by atoms with Gasteiger partial charge in [0.2, 0.25) is 5.91 Å². The summed E-state index contributed by atoms with van der Waals surface area (Å²) in [5.41, 5.74) is 1.77. The van der Waals surface area contributed by atoms with Crippen LogP contribution in [0.5, 0.6) is 0 Å². The van der Waals surface area contributed by atoms with Crippen LogP contribution in [-0.4, -0.2) is 52.2 Å². The first-order chi connectivity index (χ1) is 13.2. The van der Waals surface area contributed by atoms with Gasteiger partial charge in [0.05, 0.1) is 11.6 Å². The highest BCUT2D eigenvalue weighted by Gasteiger charge is 2.29. The number of rotatable bonds is 7. The zero-order chi connectivity index (χ0) is 19.1. The highest BCUT2D eigenvalue weighted by molar-refractivity contribution is 5.79. The monoisotopic (exact) mass is 367 g/mol. The molecule has 3 rings (SSSR count). The van der Waals surface area contributed by atoms with Crippen LogP contribution in [0, 0.1) is 5.92 Å². The number of hydrogen-bond acceptors (Lipinski definition) is 5. The predicted octanol–water partition coefficient (Wildman–Crippen LogP) is 3.40. The van der Waals surface area contributed by atoms with E-state index in [9.17, 15) is 4.79 Å². The van der Waals surface area contributed by atoms with E-state index >= 15 is 0 Å². The van der Waals surface area contributed by atoms with Gasteiger partial charge in [-0.05, 0) is 50.5 Å². The summed E-state index contributed by atoms with van der Waals surface area (Å²) >= 11 is 0. The van der Waals surface area contributed by atoms with Crippen LogP contribution in [0.15, 0.2) is 36.7 Å². The second-order valence-electron chi connectivity index (χ2n) is 7.08. The lowest BCUT2D eigenvalue weighted by Gasteiger charge is -2.35. The lowest BCUT2D eigenvalue weighted by atomic mass is 9.96. The third-order valence-corrected chi connectivity index (χ3v) is 5.18. The number of carbonyl (C=O) groups excluding carboxylic acids is 1. The van der Waals surface area contributed by atoms with E-state index in [1.165, 1.54) is 0 Å². The Hall–Kier alpha value is -2.50. The summed E-state index contributed by atoms with van der Waals surface area (Å²) in [5, 5.41) is 8.77. The van der Waals surface area contributed by atoms with Gasteiger partial charge in [0.1, 0.15) is 0 Å². The molecule has 2 aromatic heterocycles. The van der Waals surface area contributed by atoms with Crippen molar-refractivity contribution < 1.29 is 4.79 Å². The van der Waals surface area contributed by atoms with Gasteiger partial charge in [0.25, 0.3) is 0 Å². The molecule has 1 fully saturated rings. The molecule has 1 amide bonds. The summed E-state index contributed by atoms with van der Waals surface area (Å²) in [6.45, 7) is 7.52. The molecular weight excluding hydrogens is 338 g/mol. The number of piperidine rings is 1. The van der Waals surface area contributed by atoms with Crippen LogP contribution >= 0.6 is 0 Å². The number of aromatic nitrogens is 3. The van der Waals surface area contributed by atoms with Gasteiger partial charge in [0, 0.05) is 44.1 Å². The van der Waals surface area contributed by atoms with Gasteiger partial charge in [-0.15, -0.1) is 10.2 Å². The van der Waals surface area contributed by atoms with Crippen LogP contribution in [0.3, 0.4) is 0 Å². The van der Waals surface area contributed by atoms with E-state index in [-0.39, 0.29) is 11.8 Å². The summed E-state index contributed by atoms with van der Waals surface area (Å²) in [7, 11) is 0. The fraction of sp³-hybridized carbons (Fsp3) is 0.524. The lowest BCUT2D eigenvalue weighted by molar-refractivity contribution is -0.135. The molecule has 0 aromatic carbocycles. The lowest BCUT2D eigenvalue weighted by Crippen LogP contribution is -2.45. The average Bonchev–Trinajstić information content (AvgIpc) is 2.75. The van der Waals surface area contributed by atoms with Crippen molar-refractivity contribution in [2.75, 3.05) is 31.1 Å². The first kappa shape index (κ1) is 19.3. The van der Waals surface area contributed by atoms with E-state index < -0.39 is 0 Å². The largest absolute Gasteiger partial charge is 0.354 e. The summed E-state index contributed by atoms with van der Waals surface area (Å²) in [6, 6.07) is 7.84. The molecule has 0 N–H and O–H groups in total. The van der Waals surface area contributed by atoms with Crippen molar-refractivity contribution in [3.8, 4) is 11.3 Å². The van der Waals surface area contributed by atoms with Crippen LogP contribution in [-0.2, 0) is 4.79 Å². The molecular formula is C21H29N5O. The van der Waals surface area contributed by atoms with Crippen molar-refractivity contribution in [1.29, 1.82) is 0 Å². The summed E-state index contributed by atoms with van der Waals surface area (Å²) in [4.78, 5) is 21.2. The maximum Gasteiger partial charge on any atom is 0.227 e. The van der Waals surface area contributed by atoms with E-state index in [0.717, 1.165) is 68.9 Å². The predicted molar refractivity (Wildman–Crippen MR) is 107 cm³/mol. The molecule has 3 heterocycles. The molecule has 0 spiro atoms. The van der Waals surface area contributed by atoms with Crippen LogP contribution in [0.1, 0.15) is 39.5 Å². The third-order valence-electron chi connectivity index (χ3n) is 5.18. The van der Waals surface area contributed by atoms with Crippen molar-refractivity contribution in [2.45, 2.75) is 39.5 Å². The Balaban J connectivity index is 1.66. The number of anilines is 1. The van der Waals surface area contributed by atoms with Crippen LogP contribution in [0.2, 0.25) is 0 Å². The number of nitrogens with zero attached hydrogens (tertiary/aromatic N) is 5. The second-order valence-corrected chi connectivity index (χ2v) is 7.08. The van der Waals surface area contributed by atoms with E-state index in [4.69, 9.17) is 0 Å². The minimum atomic E-state index is 0.0513. The number of unbranched alkanes of at least 4 members (excludes halogenated alkanes) is 1. The summed E-state index contributed by atoms with van der Waals surface area (Å²) in [5.74, 6) is 1.18. The molecule has 0 radical (unpaired) electrons. The minimum absolute atomic E-state index is 0.0513. The van der Waals surface area contributed by atoms with Crippen molar-refractivity contribution in [3.63, 3.8) is 0 Å². The Morgan fingerprint density at radius 2 is 2.15 bits per heavy atom. The van der Waals surface area contributed by atoms with E-state index in [0.29, 0.717) is 0 Å². The normalized spacial score (nSPS) is 17.0. The van der Waals surface area contributed by atoms with Crippen LogP contribution in [0.25, 0.3) is 11.3 Å². The summed E-state index contributed by atoms with van der Waals surface area (Å²) < 4.78 is 0. The van der Waals surface area contributed by atoms with Crippen molar-refractivity contribution in [1.82, 2.24) is 20.1 Å². The molecule has 1 atom stereocenters. The van der Waals surface area contributed by atoms with Crippen molar-refractivity contribution >= 4 is 11.7 Å². The maximum absolute atomic E-state index is 12.9. The van der Waals surface area contributed by atoms with Crippen molar-refractivity contribution in [3.05, 3.63) is 36.7 Å². The van der Waals surface area contributed by atoms with Gasteiger partial charge in [-0.2, -0.15) is 0 Å². The Labute approximate surface area is 161 Å². The number of hydrogen-bond donors (Lipinski definition) is 0. The molecule has 1 aliphatic rings. The number of carbonyl (C=O) groups is 1.